The lowest BCUT2D eigenvalue weighted by molar-refractivity contribution is -0.149. The second-order valence-corrected chi connectivity index (χ2v) is 7.29. The molecule has 7 nitrogen and oxygen atoms in total. The molecule has 0 bridgehead atoms. The maximum Gasteiger partial charge on any atom is 0.313 e. The van der Waals surface area contributed by atoms with Crippen molar-refractivity contribution in [3.05, 3.63) is 29.3 Å². The van der Waals surface area contributed by atoms with Gasteiger partial charge < -0.3 is 20.1 Å². The van der Waals surface area contributed by atoms with Gasteiger partial charge in [-0.3, -0.25) is 14.5 Å². The molecule has 2 saturated heterocycles. The number of nitrogens with zero attached hydrogens (tertiary/aromatic N) is 2. The Balaban J connectivity index is 1.77. The number of nitrogens with one attached hydrogen (secondary N) is 1. The predicted molar refractivity (Wildman–Crippen MR) is 92.2 cm³/mol. The summed E-state index contributed by atoms with van der Waals surface area (Å²) in [5.74, 6) is -0.657. The van der Waals surface area contributed by atoms with Crippen molar-refractivity contribution in [1.29, 1.82) is 0 Å². The predicted octanol–water partition coefficient (Wildman–Crippen LogP) is 0.389. The van der Waals surface area contributed by atoms with Crippen LogP contribution in [0.15, 0.2) is 18.2 Å². The summed E-state index contributed by atoms with van der Waals surface area (Å²) in [6, 6.07) is 6.05. The number of methoxy groups -OCH3 is 1. The Bertz CT molecular complexity index is 691. The fraction of sp³-hybridized carbons (Fsp3) is 0.556. The van der Waals surface area contributed by atoms with Crippen LogP contribution in [0.25, 0.3) is 0 Å². The average Bonchev–Trinajstić information content (AvgIpc) is 3.05. The van der Waals surface area contributed by atoms with Gasteiger partial charge in [0, 0.05) is 38.3 Å². The van der Waals surface area contributed by atoms with E-state index in [9.17, 15) is 14.7 Å². The Hall–Kier alpha value is -2.12. The van der Waals surface area contributed by atoms with Crippen LogP contribution in [0, 0.1) is 11.3 Å². The van der Waals surface area contributed by atoms with Crippen molar-refractivity contribution < 1.29 is 19.4 Å². The van der Waals surface area contributed by atoms with Crippen molar-refractivity contribution >= 4 is 11.9 Å². The highest BCUT2D eigenvalue weighted by Crippen LogP contribution is 2.40. The highest BCUT2D eigenvalue weighted by molar-refractivity contribution is 5.92. The first-order valence-electron chi connectivity index (χ1n) is 8.39. The zero-order valence-electron chi connectivity index (χ0n) is 14.9. The molecule has 2 atom stereocenters. The molecule has 2 aliphatic heterocycles. The maximum atomic E-state index is 12.0. The highest BCUT2D eigenvalue weighted by atomic mass is 16.5. The molecule has 0 aromatic heterocycles. The molecule has 0 aliphatic carbocycles. The van der Waals surface area contributed by atoms with E-state index in [1.165, 1.54) is 0 Å². The number of carboxylic acids is 1. The van der Waals surface area contributed by atoms with E-state index in [1.54, 1.807) is 7.11 Å². The monoisotopic (exact) mass is 347 g/mol. The van der Waals surface area contributed by atoms with Crippen LogP contribution in [-0.4, -0.2) is 67.6 Å². The van der Waals surface area contributed by atoms with Gasteiger partial charge >= 0.3 is 5.97 Å². The summed E-state index contributed by atoms with van der Waals surface area (Å²) >= 11 is 0. The molecule has 1 aromatic rings. The van der Waals surface area contributed by atoms with Gasteiger partial charge in [-0.25, -0.2) is 0 Å². The molecule has 3 rings (SSSR count). The number of carbonyl (C=O) groups excluding carboxylic acids is 1. The molecule has 2 fully saturated rings. The zero-order chi connectivity index (χ0) is 18.2. The lowest BCUT2D eigenvalue weighted by atomic mass is 9.81. The molecule has 7 heteroatoms. The largest absolute Gasteiger partial charge is 0.496 e. The van der Waals surface area contributed by atoms with Gasteiger partial charge in [-0.1, -0.05) is 6.07 Å². The number of carbonyl (C=O) groups is 2. The van der Waals surface area contributed by atoms with Gasteiger partial charge in [0.15, 0.2) is 0 Å². The van der Waals surface area contributed by atoms with E-state index < -0.39 is 17.3 Å². The second-order valence-electron chi connectivity index (χ2n) is 7.29. The van der Waals surface area contributed by atoms with Crippen molar-refractivity contribution in [1.82, 2.24) is 15.1 Å². The van der Waals surface area contributed by atoms with Crippen molar-refractivity contribution in [3.63, 3.8) is 0 Å². The third-order valence-corrected chi connectivity index (χ3v) is 5.17. The number of amides is 1. The molecule has 0 saturated carbocycles. The fourth-order valence-corrected chi connectivity index (χ4v) is 3.95. The van der Waals surface area contributed by atoms with E-state index in [1.807, 2.05) is 26.2 Å². The Labute approximate surface area is 147 Å². The van der Waals surface area contributed by atoms with Crippen molar-refractivity contribution in [2.45, 2.75) is 13.1 Å². The highest BCUT2D eigenvalue weighted by Gasteiger charge is 2.59. The van der Waals surface area contributed by atoms with Crippen LogP contribution in [-0.2, 0) is 22.7 Å². The van der Waals surface area contributed by atoms with Crippen LogP contribution in [0.1, 0.15) is 11.1 Å². The molecular weight excluding hydrogens is 322 g/mol. The van der Waals surface area contributed by atoms with Gasteiger partial charge in [-0.15, -0.1) is 0 Å². The Morgan fingerprint density at radius 2 is 2.24 bits per heavy atom. The molecule has 0 spiro atoms. The van der Waals surface area contributed by atoms with Crippen LogP contribution < -0.4 is 10.1 Å². The first-order chi connectivity index (χ1) is 11.9. The summed E-state index contributed by atoms with van der Waals surface area (Å²) in [4.78, 5) is 27.9. The SMILES string of the molecule is COc1ccc(CN2C[C@H]3C(=O)NC[C@@]3(C(=O)O)C2)cc1CN(C)C. The number of rotatable bonds is 6. The average molecular weight is 347 g/mol. The lowest BCUT2D eigenvalue weighted by Gasteiger charge is -2.22. The minimum Gasteiger partial charge on any atom is -0.496 e. The number of hydrogen-bond acceptors (Lipinski definition) is 5. The van der Waals surface area contributed by atoms with Crippen LogP contribution in [0.3, 0.4) is 0 Å². The van der Waals surface area contributed by atoms with Crippen LogP contribution >= 0.6 is 0 Å². The summed E-state index contributed by atoms with van der Waals surface area (Å²) in [6.07, 6.45) is 0. The number of fused-ring (bicyclic) bond motifs is 1. The zero-order valence-corrected chi connectivity index (χ0v) is 14.9. The summed E-state index contributed by atoms with van der Waals surface area (Å²) in [5.41, 5.74) is 1.20. The molecule has 1 amide bonds. The molecule has 25 heavy (non-hydrogen) atoms. The second kappa shape index (κ2) is 6.65. The fourth-order valence-electron chi connectivity index (χ4n) is 3.95. The van der Waals surface area contributed by atoms with Gasteiger partial charge in [0.05, 0.1) is 13.0 Å². The normalized spacial score (nSPS) is 25.9. The van der Waals surface area contributed by atoms with Gasteiger partial charge in [0.25, 0.3) is 0 Å². The summed E-state index contributed by atoms with van der Waals surface area (Å²) in [5, 5.41) is 12.4. The number of ether oxygens (including phenoxy) is 1. The van der Waals surface area contributed by atoms with E-state index in [4.69, 9.17) is 4.74 Å². The molecular formula is C18H25N3O4. The molecule has 0 unspecified atom stereocenters. The molecule has 136 valence electrons. The molecule has 2 N–H and O–H groups in total. The number of benzene rings is 1. The lowest BCUT2D eigenvalue weighted by Crippen LogP contribution is -2.40. The van der Waals surface area contributed by atoms with Gasteiger partial charge in [-0.2, -0.15) is 0 Å². The summed E-state index contributed by atoms with van der Waals surface area (Å²) in [6.45, 7) is 2.48. The molecule has 2 heterocycles. The number of aliphatic carboxylic acids is 1. The standard InChI is InChI=1S/C18H25N3O4/c1-20(2)8-13-6-12(4-5-15(13)25-3)7-21-9-14-16(22)19-10-18(14,11-21)17(23)24/h4-6,14H,7-11H2,1-3H3,(H,19,22)(H,23,24)/t14-,18+/m0/s1. The van der Waals surface area contributed by atoms with Gasteiger partial charge in [-0.05, 0) is 31.8 Å². The van der Waals surface area contributed by atoms with E-state index in [0.29, 0.717) is 19.6 Å². The van der Waals surface area contributed by atoms with E-state index >= 15 is 0 Å². The van der Waals surface area contributed by atoms with Gasteiger partial charge in [0.2, 0.25) is 5.91 Å². The Morgan fingerprint density at radius 1 is 1.48 bits per heavy atom. The Morgan fingerprint density at radius 3 is 2.84 bits per heavy atom. The first kappa shape index (κ1) is 17.7. The third-order valence-electron chi connectivity index (χ3n) is 5.17. The molecule has 1 aromatic carbocycles. The van der Waals surface area contributed by atoms with Gasteiger partial charge in [0.1, 0.15) is 11.2 Å². The molecule has 0 radical (unpaired) electrons. The quantitative estimate of drug-likeness (QED) is 0.775. The summed E-state index contributed by atoms with van der Waals surface area (Å²) < 4.78 is 5.42. The van der Waals surface area contributed by atoms with Crippen molar-refractivity contribution in [2.75, 3.05) is 40.8 Å². The Kier molecular flexibility index (Phi) is 4.71. The van der Waals surface area contributed by atoms with Crippen LogP contribution in [0.2, 0.25) is 0 Å². The minimum absolute atomic E-state index is 0.145. The number of likely N-dealkylation sites (tertiary alicyclic amines) is 1. The van der Waals surface area contributed by atoms with E-state index in [-0.39, 0.29) is 12.5 Å². The number of carboxylic acid groups (broad SMARTS) is 1. The third kappa shape index (κ3) is 3.21. The smallest absolute Gasteiger partial charge is 0.313 e. The topological polar surface area (TPSA) is 82.1 Å². The van der Waals surface area contributed by atoms with Crippen LogP contribution in [0.5, 0.6) is 5.75 Å². The summed E-state index contributed by atoms with van der Waals surface area (Å²) in [7, 11) is 5.66. The maximum absolute atomic E-state index is 12.0. The minimum atomic E-state index is -0.990. The van der Waals surface area contributed by atoms with Crippen LogP contribution in [0.4, 0.5) is 0 Å². The molecule has 2 aliphatic rings. The van der Waals surface area contributed by atoms with Crippen molar-refractivity contribution in [2.24, 2.45) is 11.3 Å². The van der Waals surface area contributed by atoms with E-state index in [2.05, 4.69) is 21.2 Å². The first-order valence-corrected chi connectivity index (χ1v) is 8.39. The van der Waals surface area contributed by atoms with E-state index in [0.717, 1.165) is 23.4 Å². The van der Waals surface area contributed by atoms with Crippen molar-refractivity contribution in [3.8, 4) is 5.75 Å². The number of hydrogen-bond donors (Lipinski definition) is 2.